The first-order valence-corrected chi connectivity index (χ1v) is 5.58. The maximum atomic E-state index is 13.6. The van der Waals surface area contributed by atoms with E-state index in [-0.39, 0.29) is 12.2 Å². The zero-order valence-corrected chi connectivity index (χ0v) is 10.5. The smallest absolute Gasteiger partial charge is 0.303 e. The Kier molecular flexibility index (Phi) is 4.75. The van der Waals surface area contributed by atoms with Gasteiger partial charge in [0.2, 0.25) is 0 Å². The third kappa shape index (κ3) is 3.33. The first-order valence-electron chi connectivity index (χ1n) is 5.20. The van der Waals surface area contributed by atoms with E-state index in [0.717, 1.165) is 5.56 Å². The fourth-order valence-corrected chi connectivity index (χ4v) is 1.89. The van der Waals surface area contributed by atoms with Crippen molar-refractivity contribution in [2.45, 2.75) is 26.2 Å². The monoisotopic (exact) mass is 260 g/mol. The predicted octanol–water partition coefficient (Wildman–Crippen LogP) is 3.20. The molecule has 94 valence electrons. The molecular formula is C12H14ClFO3. The molecule has 0 spiro atoms. The van der Waals surface area contributed by atoms with Crippen molar-refractivity contribution >= 4 is 17.6 Å². The van der Waals surface area contributed by atoms with Crippen LogP contribution < -0.4 is 4.74 Å². The number of ether oxygens (including phenoxy) is 1. The van der Waals surface area contributed by atoms with E-state index < -0.39 is 11.8 Å². The van der Waals surface area contributed by atoms with Crippen molar-refractivity contribution in [1.29, 1.82) is 0 Å². The van der Waals surface area contributed by atoms with E-state index in [9.17, 15) is 9.18 Å². The number of carboxylic acid groups (broad SMARTS) is 1. The third-order valence-corrected chi connectivity index (χ3v) is 2.97. The van der Waals surface area contributed by atoms with Crippen LogP contribution in [0.5, 0.6) is 5.75 Å². The minimum Gasteiger partial charge on any atom is -0.493 e. The maximum absolute atomic E-state index is 13.6. The molecule has 17 heavy (non-hydrogen) atoms. The highest BCUT2D eigenvalue weighted by atomic mass is 35.5. The van der Waals surface area contributed by atoms with Crippen LogP contribution in [0.2, 0.25) is 5.02 Å². The number of hydrogen-bond donors (Lipinski definition) is 1. The van der Waals surface area contributed by atoms with Gasteiger partial charge in [-0.25, -0.2) is 4.39 Å². The lowest BCUT2D eigenvalue weighted by Gasteiger charge is -2.13. The van der Waals surface area contributed by atoms with Gasteiger partial charge >= 0.3 is 5.97 Å². The normalized spacial score (nSPS) is 10.4. The summed E-state index contributed by atoms with van der Waals surface area (Å²) in [7, 11) is 1.38. The highest BCUT2D eigenvalue weighted by molar-refractivity contribution is 6.31. The Hall–Kier alpha value is -1.29. The molecule has 0 aliphatic heterocycles. The Morgan fingerprint density at radius 2 is 2.24 bits per heavy atom. The number of aliphatic carboxylic acids is 1. The van der Waals surface area contributed by atoms with Crippen LogP contribution in [0.4, 0.5) is 4.39 Å². The van der Waals surface area contributed by atoms with E-state index in [1.54, 1.807) is 6.92 Å². The Labute approximate surface area is 104 Å². The van der Waals surface area contributed by atoms with Gasteiger partial charge in [-0.2, -0.15) is 0 Å². The van der Waals surface area contributed by atoms with Gasteiger partial charge in [0, 0.05) is 17.0 Å². The van der Waals surface area contributed by atoms with Crippen LogP contribution in [0.25, 0.3) is 0 Å². The van der Waals surface area contributed by atoms with Crippen LogP contribution in [-0.2, 0) is 11.2 Å². The Morgan fingerprint density at radius 3 is 2.76 bits per heavy atom. The lowest BCUT2D eigenvalue weighted by atomic mass is 10.0. The molecule has 0 amide bonds. The summed E-state index contributed by atoms with van der Waals surface area (Å²) in [5.74, 6) is -1.24. The topological polar surface area (TPSA) is 46.5 Å². The average molecular weight is 261 g/mol. The number of carbonyl (C=O) groups is 1. The first-order chi connectivity index (χ1) is 7.97. The lowest BCUT2D eigenvalue weighted by Crippen LogP contribution is -2.02. The molecule has 0 radical (unpaired) electrons. The summed E-state index contributed by atoms with van der Waals surface area (Å²) in [5, 5.41) is 8.89. The summed E-state index contributed by atoms with van der Waals surface area (Å²) in [5.41, 5.74) is 1.37. The van der Waals surface area contributed by atoms with Gasteiger partial charge < -0.3 is 9.84 Å². The minimum absolute atomic E-state index is 0.0384. The molecule has 1 aromatic carbocycles. The number of halogens is 2. The summed E-state index contributed by atoms with van der Waals surface area (Å²) in [6.07, 6.45) is 0.891. The Morgan fingerprint density at radius 1 is 1.59 bits per heavy atom. The molecule has 0 heterocycles. The molecule has 0 saturated carbocycles. The van der Waals surface area contributed by atoms with Crippen LogP contribution in [0.15, 0.2) is 6.07 Å². The first kappa shape index (κ1) is 13.8. The molecule has 3 nitrogen and oxygen atoms in total. The summed E-state index contributed by atoms with van der Waals surface area (Å²) >= 11 is 5.88. The fourth-order valence-electron chi connectivity index (χ4n) is 1.68. The molecule has 5 heteroatoms. The van der Waals surface area contributed by atoms with Crippen molar-refractivity contribution in [3.63, 3.8) is 0 Å². The fraction of sp³-hybridized carbons (Fsp3) is 0.417. The van der Waals surface area contributed by atoms with Gasteiger partial charge in [0.25, 0.3) is 0 Å². The molecule has 0 atom stereocenters. The van der Waals surface area contributed by atoms with Gasteiger partial charge in [-0.05, 0) is 31.4 Å². The number of methoxy groups -OCH3 is 1. The molecule has 0 aliphatic rings. The van der Waals surface area contributed by atoms with Crippen molar-refractivity contribution < 1.29 is 19.0 Å². The van der Waals surface area contributed by atoms with Crippen LogP contribution in [0.3, 0.4) is 0 Å². The molecule has 1 rings (SSSR count). The van der Waals surface area contributed by atoms with Gasteiger partial charge in [-0.15, -0.1) is 0 Å². The van der Waals surface area contributed by atoms with E-state index in [2.05, 4.69) is 0 Å². The number of hydrogen-bond acceptors (Lipinski definition) is 2. The molecule has 1 aromatic rings. The highest BCUT2D eigenvalue weighted by Gasteiger charge is 2.15. The largest absolute Gasteiger partial charge is 0.493 e. The molecular weight excluding hydrogens is 247 g/mol. The number of benzene rings is 1. The van der Waals surface area contributed by atoms with Crippen LogP contribution in [-0.4, -0.2) is 18.2 Å². The van der Waals surface area contributed by atoms with Crippen molar-refractivity contribution in [2.24, 2.45) is 0 Å². The molecule has 1 N–H and O–H groups in total. The van der Waals surface area contributed by atoms with Gasteiger partial charge in [0.1, 0.15) is 0 Å². The van der Waals surface area contributed by atoms with Gasteiger partial charge in [0.05, 0.1) is 7.11 Å². The standard InChI is InChI=1S/C12H14ClFO3/c1-7-8(4-3-5-11(15)16)12(17-2)10(14)6-9(7)13/h6H,3-5H2,1-2H3,(H,15,16). The molecule has 0 bridgehead atoms. The Balaban J connectivity index is 2.99. The van der Waals surface area contributed by atoms with Crippen molar-refractivity contribution in [2.75, 3.05) is 7.11 Å². The molecule has 0 aliphatic carbocycles. The Bertz CT molecular complexity index is 432. The van der Waals surface area contributed by atoms with Crippen molar-refractivity contribution in [3.05, 3.63) is 28.0 Å². The number of carboxylic acids is 1. The van der Waals surface area contributed by atoms with Gasteiger partial charge in [-0.1, -0.05) is 11.6 Å². The summed E-state index contributed by atoms with van der Waals surface area (Å²) in [6.45, 7) is 1.76. The predicted molar refractivity (Wildman–Crippen MR) is 63.3 cm³/mol. The average Bonchev–Trinajstić information content (AvgIpc) is 2.24. The summed E-state index contributed by atoms with van der Waals surface area (Å²) < 4.78 is 18.5. The lowest BCUT2D eigenvalue weighted by molar-refractivity contribution is -0.137. The van der Waals surface area contributed by atoms with E-state index in [1.165, 1.54) is 13.2 Å². The second-order valence-electron chi connectivity index (χ2n) is 3.72. The van der Waals surface area contributed by atoms with Crippen LogP contribution in [0.1, 0.15) is 24.0 Å². The highest BCUT2D eigenvalue weighted by Crippen LogP contribution is 2.32. The van der Waals surface area contributed by atoms with Gasteiger partial charge in [0.15, 0.2) is 11.6 Å². The van der Waals surface area contributed by atoms with E-state index in [4.69, 9.17) is 21.4 Å². The molecule has 0 saturated heterocycles. The van der Waals surface area contributed by atoms with E-state index in [1.807, 2.05) is 0 Å². The quantitative estimate of drug-likeness (QED) is 0.884. The third-order valence-electron chi connectivity index (χ3n) is 2.58. The van der Waals surface area contributed by atoms with E-state index in [0.29, 0.717) is 23.4 Å². The van der Waals surface area contributed by atoms with E-state index >= 15 is 0 Å². The SMILES string of the molecule is COc1c(F)cc(Cl)c(C)c1CCCC(=O)O. The van der Waals surface area contributed by atoms with Crippen molar-refractivity contribution in [1.82, 2.24) is 0 Å². The zero-order chi connectivity index (χ0) is 13.0. The molecule has 0 fully saturated rings. The second-order valence-corrected chi connectivity index (χ2v) is 4.13. The summed E-state index contributed by atoms with van der Waals surface area (Å²) in [4.78, 5) is 10.4. The van der Waals surface area contributed by atoms with Crippen molar-refractivity contribution in [3.8, 4) is 5.75 Å². The zero-order valence-electron chi connectivity index (χ0n) is 9.72. The van der Waals surface area contributed by atoms with Crippen LogP contribution >= 0.6 is 11.6 Å². The van der Waals surface area contributed by atoms with Gasteiger partial charge in [-0.3, -0.25) is 4.79 Å². The molecule has 0 aromatic heterocycles. The van der Waals surface area contributed by atoms with Crippen LogP contribution in [0, 0.1) is 12.7 Å². The number of rotatable bonds is 5. The molecule has 0 unspecified atom stereocenters. The summed E-state index contributed by atoms with van der Waals surface area (Å²) in [6, 6.07) is 1.20. The second kappa shape index (κ2) is 5.87. The minimum atomic E-state index is -0.871. The maximum Gasteiger partial charge on any atom is 0.303 e.